The average molecular weight is 518 g/mol. The number of ketones is 1. The van der Waals surface area contributed by atoms with Crippen molar-refractivity contribution >= 4 is 28.5 Å². The molecule has 1 amide bonds. The predicted molar refractivity (Wildman–Crippen MR) is 147 cm³/mol. The van der Waals surface area contributed by atoms with Crippen molar-refractivity contribution in [2.75, 3.05) is 11.9 Å². The number of para-hydroxylation sites is 1. The summed E-state index contributed by atoms with van der Waals surface area (Å²) in [4.78, 5) is 37.0. The highest BCUT2D eigenvalue weighted by Crippen LogP contribution is 2.67. The van der Waals surface area contributed by atoms with Crippen molar-refractivity contribution in [3.05, 3.63) is 52.4 Å². The molecule has 3 fully saturated rings. The molecule has 7 atom stereocenters. The lowest BCUT2D eigenvalue weighted by Gasteiger charge is -2.58. The normalized spacial score (nSPS) is 35.0. The smallest absolute Gasteiger partial charge is 0.411 e. The third-order valence-corrected chi connectivity index (χ3v) is 11.1. The maximum absolute atomic E-state index is 12.6. The molecule has 6 heteroatoms. The summed E-state index contributed by atoms with van der Waals surface area (Å²) in [6, 6.07) is 8.84. The van der Waals surface area contributed by atoms with Crippen LogP contribution in [0.4, 0.5) is 10.5 Å². The number of allylic oxidation sites excluding steroid dienone is 1. The van der Waals surface area contributed by atoms with Crippen LogP contribution in [0.3, 0.4) is 0 Å². The van der Waals surface area contributed by atoms with Gasteiger partial charge in [0.05, 0.1) is 6.61 Å². The average Bonchev–Trinajstić information content (AvgIpc) is 3.25. The van der Waals surface area contributed by atoms with E-state index in [0.29, 0.717) is 42.1 Å². The maximum Gasteiger partial charge on any atom is 0.411 e. The van der Waals surface area contributed by atoms with Crippen LogP contribution in [0, 0.1) is 40.4 Å². The third-order valence-electron chi connectivity index (χ3n) is 11.1. The highest BCUT2D eigenvalue weighted by Gasteiger charge is 2.59. The number of fused-ring (bicyclic) bond motifs is 6. The van der Waals surface area contributed by atoms with Gasteiger partial charge in [-0.15, -0.1) is 0 Å². The van der Waals surface area contributed by atoms with E-state index in [1.807, 2.05) is 18.2 Å². The van der Waals surface area contributed by atoms with Crippen molar-refractivity contribution in [1.29, 1.82) is 0 Å². The molecule has 6 rings (SSSR count). The Morgan fingerprint density at radius 1 is 1.08 bits per heavy atom. The summed E-state index contributed by atoms with van der Waals surface area (Å²) in [5.41, 5.74) is 1.86. The Bertz CT molecular complexity index is 1360. The van der Waals surface area contributed by atoms with E-state index in [2.05, 4.69) is 26.1 Å². The van der Waals surface area contributed by atoms with Gasteiger partial charge in [-0.25, -0.2) is 9.59 Å². The molecule has 1 aromatic carbocycles. The monoisotopic (exact) mass is 517 g/mol. The fourth-order valence-corrected chi connectivity index (χ4v) is 9.15. The number of ether oxygens (including phenoxy) is 1. The Kier molecular flexibility index (Phi) is 6.27. The Morgan fingerprint density at radius 2 is 1.89 bits per heavy atom. The lowest BCUT2D eigenvalue weighted by atomic mass is 9.46. The third kappa shape index (κ3) is 4.11. The van der Waals surface area contributed by atoms with Crippen molar-refractivity contribution in [1.82, 2.24) is 0 Å². The summed E-state index contributed by atoms with van der Waals surface area (Å²) in [7, 11) is 0. The molecule has 202 valence electrons. The second-order valence-corrected chi connectivity index (χ2v) is 12.9. The molecule has 3 saturated carbocycles. The quantitative estimate of drug-likeness (QED) is 0.436. The van der Waals surface area contributed by atoms with Gasteiger partial charge in [0.15, 0.2) is 5.78 Å². The first-order valence-electron chi connectivity index (χ1n) is 14.4. The van der Waals surface area contributed by atoms with Gasteiger partial charge in [0.1, 0.15) is 11.3 Å². The second kappa shape index (κ2) is 9.39. The van der Waals surface area contributed by atoms with Crippen LogP contribution in [0.15, 0.2) is 51.2 Å². The summed E-state index contributed by atoms with van der Waals surface area (Å²) in [5, 5.41) is 3.33. The van der Waals surface area contributed by atoms with E-state index in [4.69, 9.17) is 9.15 Å². The molecule has 2 aromatic rings. The molecule has 1 aromatic heterocycles. The molecule has 4 aliphatic carbocycles. The van der Waals surface area contributed by atoms with Crippen LogP contribution in [0.2, 0.25) is 0 Å². The maximum atomic E-state index is 12.6. The zero-order valence-electron chi connectivity index (χ0n) is 22.8. The zero-order valence-corrected chi connectivity index (χ0v) is 22.8. The highest BCUT2D eigenvalue weighted by atomic mass is 16.5. The Morgan fingerprint density at radius 3 is 2.74 bits per heavy atom. The van der Waals surface area contributed by atoms with E-state index < -0.39 is 11.7 Å². The summed E-state index contributed by atoms with van der Waals surface area (Å²) in [6.45, 7) is 7.46. The Balaban J connectivity index is 1.10. The van der Waals surface area contributed by atoms with Gasteiger partial charge >= 0.3 is 11.7 Å². The Hall–Kier alpha value is -2.89. The largest absolute Gasteiger partial charge is 0.449 e. The number of benzene rings is 1. The molecule has 4 aliphatic rings. The van der Waals surface area contributed by atoms with E-state index in [9.17, 15) is 14.4 Å². The van der Waals surface area contributed by atoms with Crippen LogP contribution >= 0.6 is 0 Å². The van der Waals surface area contributed by atoms with E-state index in [1.54, 1.807) is 18.2 Å². The number of carbonyl (C=O) groups excluding carboxylic acids is 2. The molecule has 1 unspecified atom stereocenters. The van der Waals surface area contributed by atoms with E-state index in [0.717, 1.165) is 24.1 Å². The van der Waals surface area contributed by atoms with Gasteiger partial charge in [-0.1, -0.05) is 44.5 Å². The number of hydrogen-bond donors (Lipinski definition) is 1. The number of rotatable bonds is 4. The minimum absolute atomic E-state index is 0.0937. The van der Waals surface area contributed by atoms with E-state index in [1.165, 1.54) is 37.7 Å². The summed E-state index contributed by atoms with van der Waals surface area (Å²) >= 11 is 0. The molecular weight excluding hydrogens is 478 g/mol. The van der Waals surface area contributed by atoms with Gasteiger partial charge in [-0.2, -0.15) is 0 Å². The van der Waals surface area contributed by atoms with Crippen molar-refractivity contribution in [2.24, 2.45) is 40.4 Å². The predicted octanol–water partition coefficient (Wildman–Crippen LogP) is 7.13. The standard InChI is InChI=1S/C32H39NO5/c1-19(18-37-30(36)33-27-16-20-6-4-5-7-28(20)38-29(27)35)24-10-11-25-23-9-8-21-17-22(34)12-14-31(21,2)26(23)13-15-32(24,25)3/h4-7,16-17,19,23-26H,8-15,18H2,1-3H3,(H,33,36)/t19?,23-,24+,25-,26-,31-,32+/m0/s1. The lowest BCUT2D eigenvalue weighted by Crippen LogP contribution is -2.51. The molecule has 0 spiro atoms. The van der Waals surface area contributed by atoms with Crippen LogP contribution in [0.1, 0.15) is 72.1 Å². The fourth-order valence-electron chi connectivity index (χ4n) is 9.15. The molecular formula is C32H39NO5. The van der Waals surface area contributed by atoms with Crippen LogP contribution in [0.5, 0.6) is 0 Å². The first-order chi connectivity index (χ1) is 18.2. The first kappa shape index (κ1) is 25.4. The molecule has 0 aliphatic heterocycles. The van der Waals surface area contributed by atoms with Crippen molar-refractivity contribution in [2.45, 2.75) is 72.1 Å². The number of anilines is 1. The van der Waals surface area contributed by atoms with Crippen LogP contribution in [0.25, 0.3) is 11.0 Å². The summed E-state index contributed by atoms with van der Waals surface area (Å²) in [6.07, 6.45) is 10.2. The van der Waals surface area contributed by atoms with Gasteiger partial charge in [0.2, 0.25) is 0 Å². The summed E-state index contributed by atoms with van der Waals surface area (Å²) in [5.74, 6) is 3.15. The molecule has 1 heterocycles. The SMILES string of the molecule is CC(COC(=O)Nc1cc2ccccc2oc1=O)[C@H]1CC[C@H]2[C@@H]3CCC4=CC(=O)CC[C@]4(C)[C@H]3CC[C@]12C. The molecule has 1 N–H and O–H groups in total. The van der Waals surface area contributed by atoms with Gasteiger partial charge in [0, 0.05) is 11.8 Å². The minimum Gasteiger partial charge on any atom is -0.449 e. The van der Waals surface area contributed by atoms with Crippen LogP contribution in [-0.4, -0.2) is 18.5 Å². The number of hydrogen-bond acceptors (Lipinski definition) is 5. The van der Waals surface area contributed by atoms with E-state index in [-0.39, 0.29) is 22.4 Å². The molecule has 0 bridgehead atoms. The fraction of sp³-hybridized carbons (Fsp3) is 0.594. The number of nitrogens with one attached hydrogen (secondary N) is 1. The van der Waals surface area contributed by atoms with Gasteiger partial charge in [-0.3, -0.25) is 10.1 Å². The first-order valence-corrected chi connectivity index (χ1v) is 14.4. The molecule has 38 heavy (non-hydrogen) atoms. The lowest BCUT2D eigenvalue weighted by molar-refractivity contribution is -0.117. The van der Waals surface area contributed by atoms with Crippen molar-refractivity contribution in [3.63, 3.8) is 0 Å². The zero-order chi connectivity index (χ0) is 26.7. The molecule has 0 saturated heterocycles. The van der Waals surface area contributed by atoms with Gasteiger partial charge in [-0.05, 0) is 104 Å². The van der Waals surface area contributed by atoms with Crippen molar-refractivity contribution < 1.29 is 18.7 Å². The number of carbonyl (C=O) groups is 2. The number of amides is 1. The van der Waals surface area contributed by atoms with Crippen LogP contribution < -0.4 is 10.9 Å². The molecule has 6 nitrogen and oxygen atoms in total. The van der Waals surface area contributed by atoms with Crippen LogP contribution in [-0.2, 0) is 9.53 Å². The highest BCUT2D eigenvalue weighted by molar-refractivity contribution is 5.91. The second-order valence-electron chi connectivity index (χ2n) is 12.9. The van der Waals surface area contributed by atoms with Gasteiger partial charge < -0.3 is 9.15 Å². The Labute approximate surface area is 224 Å². The topological polar surface area (TPSA) is 85.6 Å². The summed E-state index contributed by atoms with van der Waals surface area (Å²) < 4.78 is 11.0. The van der Waals surface area contributed by atoms with Gasteiger partial charge in [0.25, 0.3) is 0 Å². The minimum atomic E-state index is -0.616. The van der Waals surface area contributed by atoms with E-state index >= 15 is 0 Å². The molecule has 0 radical (unpaired) electrons. The van der Waals surface area contributed by atoms with Crippen molar-refractivity contribution in [3.8, 4) is 0 Å².